The highest BCUT2D eigenvalue weighted by Gasteiger charge is 2.32. The Morgan fingerprint density at radius 1 is 1.26 bits per heavy atom. The number of carbonyl (C=O) groups is 1. The van der Waals surface area contributed by atoms with Crippen LogP contribution in [0.5, 0.6) is 0 Å². The van der Waals surface area contributed by atoms with E-state index in [0.717, 1.165) is 77.3 Å². The van der Waals surface area contributed by atoms with E-state index >= 15 is 0 Å². The first kappa shape index (κ1) is 22.3. The minimum atomic E-state index is 0.186. The molecule has 0 bridgehead atoms. The SMILES string of the molecule is CCC(CC)C(=O)N1CCC(NC(=NC)NCC2(SC)CCOCC2)CC1. The first-order chi connectivity index (χ1) is 13.1. The molecule has 2 heterocycles. The fourth-order valence-electron chi connectivity index (χ4n) is 3.97. The molecule has 2 saturated heterocycles. The summed E-state index contributed by atoms with van der Waals surface area (Å²) in [4.78, 5) is 19.0. The third-order valence-electron chi connectivity index (χ3n) is 6.12. The van der Waals surface area contributed by atoms with Gasteiger partial charge in [0, 0.05) is 56.6 Å². The summed E-state index contributed by atoms with van der Waals surface area (Å²) in [6.07, 6.45) is 8.18. The number of nitrogens with one attached hydrogen (secondary N) is 2. The smallest absolute Gasteiger partial charge is 0.225 e. The predicted molar refractivity (Wildman–Crippen MR) is 114 cm³/mol. The second-order valence-corrected chi connectivity index (χ2v) is 8.96. The first-order valence-electron chi connectivity index (χ1n) is 10.5. The van der Waals surface area contributed by atoms with E-state index < -0.39 is 0 Å². The molecule has 0 aromatic rings. The number of guanidine groups is 1. The van der Waals surface area contributed by atoms with E-state index in [2.05, 4.69) is 40.6 Å². The molecule has 2 N–H and O–H groups in total. The van der Waals surface area contributed by atoms with Gasteiger partial charge in [0.05, 0.1) is 0 Å². The Bertz CT molecular complexity index is 482. The van der Waals surface area contributed by atoms with Crippen LogP contribution < -0.4 is 10.6 Å². The Labute approximate surface area is 169 Å². The predicted octanol–water partition coefficient (Wildman–Crippen LogP) is 2.49. The average molecular weight is 399 g/mol. The van der Waals surface area contributed by atoms with Gasteiger partial charge in [-0.2, -0.15) is 11.8 Å². The molecule has 2 aliphatic rings. The summed E-state index contributed by atoms with van der Waals surface area (Å²) in [5, 5.41) is 7.09. The number of carbonyl (C=O) groups excluding carboxylic acids is 1. The number of piperidine rings is 1. The molecule has 2 fully saturated rings. The van der Waals surface area contributed by atoms with Gasteiger partial charge in [0.15, 0.2) is 5.96 Å². The number of thioether (sulfide) groups is 1. The van der Waals surface area contributed by atoms with E-state index in [0.29, 0.717) is 11.9 Å². The van der Waals surface area contributed by atoms with Crippen molar-refractivity contribution in [1.29, 1.82) is 0 Å². The van der Waals surface area contributed by atoms with Gasteiger partial charge in [-0.1, -0.05) is 13.8 Å². The average Bonchev–Trinajstić information content (AvgIpc) is 2.73. The van der Waals surface area contributed by atoms with Gasteiger partial charge in [0.1, 0.15) is 0 Å². The topological polar surface area (TPSA) is 66.0 Å². The van der Waals surface area contributed by atoms with Gasteiger partial charge in [-0.15, -0.1) is 0 Å². The molecule has 0 radical (unpaired) electrons. The van der Waals surface area contributed by atoms with E-state index in [1.54, 1.807) is 0 Å². The number of likely N-dealkylation sites (tertiary alicyclic amines) is 1. The lowest BCUT2D eigenvalue weighted by atomic mass is 9.98. The van der Waals surface area contributed by atoms with Gasteiger partial charge in [-0.3, -0.25) is 9.79 Å². The highest BCUT2D eigenvalue weighted by Crippen LogP contribution is 2.32. The molecule has 0 saturated carbocycles. The fourth-order valence-corrected chi connectivity index (χ4v) is 4.76. The maximum Gasteiger partial charge on any atom is 0.225 e. The van der Waals surface area contributed by atoms with Crippen molar-refractivity contribution in [3.05, 3.63) is 0 Å². The minimum absolute atomic E-state index is 0.186. The van der Waals surface area contributed by atoms with E-state index in [9.17, 15) is 4.79 Å². The van der Waals surface area contributed by atoms with Crippen LogP contribution in [0.4, 0.5) is 0 Å². The highest BCUT2D eigenvalue weighted by molar-refractivity contribution is 8.00. The number of aliphatic imine (C=N–C) groups is 1. The second kappa shape index (κ2) is 11.1. The first-order valence-corrected chi connectivity index (χ1v) is 11.7. The zero-order valence-corrected chi connectivity index (χ0v) is 18.4. The van der Waals surface area contributed by atoms with Crippen molar-refractivity contribution >= 4 is 23.6 Å². The van der Waals surface area contributed by atoms with E-state index in [1.165, 1.54) is 0 Å². The summed E-state index contributed by atoms with van der Waals surface area (Å²) in [5.74, 6) is 1.40. The van der Waals surface area contributed by atoms with Crippen LogP contribution in [-0.4, -0.2) is 73.7 Å². The van der Waals surface area contributed by atoms with Crippen LogP contribution in [0.1, 0.15) is 52.4 Å². The molecular weight excluding hydrogens is 360 g/mol. The van der Waals surface area contributed by atoms with Crippen molar-refractivity contribution in [2.45, 2.75) is 63.2 Å². The second-order valence-electron chi connectivity index (χ2n) is 7.68. The van der Waals surface area contributed by atoms with Gasteiger partial charge < -0.3 is 20.3 Å². The monoisotopic (exact) mass is 398 g/mol. The quantitative estimate of drug-likeness (QED) is 0.509. The number of ether oxygens (including phenoxy) is 1. The fraction of sp³-hybridized carbons (Fsp3) is 0.900. The van der Waals surface area contributed by atoms with Crippen LogP contribution in [0.15, 0.2) is 4.99 Å². The summed E-state index contributed by atoms with van der Waals surface area (Å²) in [7, 11) is 1.83. The molecule has 1 amide bonds. The maximum atomic E-state index is 12.5. The van der Waals surface area contributed by atoms with Crippen LogP contribution in [-0.2, 0) is 9.53 Å². The lowest BCUT2D eigenvalue weighted by molar-refractivity contribution is -0.136. The molecule has 0 aromatic heterocycles. The Morgan fingerprint density at radius 3 is 2.41 bits per heavy atom. The molecule has 0 atom stereocenters. The van der Waals surface area contributed by atoms with Crippen molar-refractivity contribution in [2.75, 3.05) is 46.2 Å². The molecule has 2 rings (SSSR count). The highest BCUT2D eigenvalue weighted by atomic mass is 32.2. The summed E-state index contributed by atoms with van der Waals surface area (Å²) >= 11 is 1.93. The lowest BCUT2D eigenvalue weighted by Gasteiger charge is -2.37. The Morgan fingerprint density at radius 2 is 1.89 bits per heavy atom. The van der Waals surface area contributed by atoms with E-state index in [1.807, 2.05) is 18.8 Å². The van der Waals surface area contributed by atoms with E-state index in [-0.39, 0.29) is 10.7 Å². The summed E-state index contributed by atoms with van der Waals surface area (Å²) < 4.78 is 5.76. The van der Waals surface area contributed by atoms with Crippen molar-refractivity contribution < 1.29 is 9.53 Å². The molecule has 6 nitrogen and oxygen atoms in total. The molecule has 0 aliphatic carbocycles. The largest absolute Gasteiger partial charge is 0.381 e. The zero-order chi connectivity index (χ0) is 19.7. The number of nitrogens with zero attached hydrogens (tertiary/aromatic N) is 2. The normalized spacial score (nSPS) is 21.4. The molecular formula is C20H38N4O2S. The van der Waals surface area contributed by atoms with Gasteiger partial charge in [-0.25, -0.2) is 0 Å². The van der Waals surface area contributed by atoms with Crippen LogP contribution in [0.3, 0.4) is 0 Å². The maximum absolute atomic E-state index is 12.5. The van der Waals surface area contributed by atoms with Gasteiger partial charge in [-0.05, 0) is 44.8 Å². The zero-order valence-electron chi connectivity index (χ0n) is 17.6. The van der Waals surface area contributed by atoms with E-state index in [4.69, 9.17) is 4.74 Å². The van der Waals surface area contributed by atoms with Gasteiger partial charge in [0.2, 0.25) is 5.91 Å². The summed E-state index contributed by atoms with van der Waals surface area (Å²) in [6.45, 7) is 8.50. The van der Waals surface area contributed by atoms with Crippen LogP contribution in [0.2, 0.25) is 0 Å². The lowest BCUT2D eigenvalue weighted by Crippen LogP contribution is -2.53. The van der Waals surface area contributed by atoms with Crippen LogP contribution in [0.25, 0.3) is 0 Å². The summed E-state index contributed by atoms with van der Waals surface area (Å²) in [5.41, 5.74) is 0. The van der Waals surface area contributed by atoms with Crippen molar-refractivity contribution in [1.82, 2.24) is 15.5 Å². The van der Waals surface area contributed by atoms with Crippen LogP contribution in [0, 0.1) is 5.92 Å². The summed E-state index contributed by atoms with van der Waals surface area (Å²) in [6, 6.07) is 0.377. The Balaban J connectivity index is 1.78. The van der Waals surface area contributed by atoms with Crippen LogP contribution >= 0.6 is 11.8 Å². The number of amides is 1. The third kappa shape index (κ3) is 6.28. The molecule has 0 aromatic carbocycles. The van der Waals surface area contributed by atoms with Crippen molar-refractivity contribution in [2.24, 2.45) is 10.9 Å². The van der Waals surface area contributed by atoms with Crippen molar-refractivity contribution in [3.63, 3.8) is 0 Å². The number of rotatable bonds is 7. The van der Waals surface area contributed by atoms with Gasteiger partial charge >= 0.3 is 0 Å². The molecule has 2 aliphatic heterocycles. The Hall–Kier alpha value is -0.950. The molecule has 7 heteroatoms. The Kier molecular flexibility index (Phi) is 9.22. The number of hydrogen-bond donors (Lipinski definition) is 2. The standard InChI is InChI=1S/C20H38N4O2S/c1-5-16(6-2)18(25)24-11-7-17(8-12-24)23-19(21-3)22-15-20(27-4)9-13-26-14-10-20/h16-17H,5-15H2,1-4H3,(H2,21,22,23). The minimum Gasteiger partial charge on any atom is -0.381 e. The third-order valence-corrected chi connectivity index (χ3v) is 7.54. The van der Waals surface area contributed by atoms with Crippen molar-refractivity contribution in [3.8, 4) is 0 Å². The molecule has 27 heavy (non-hydrogen) atoms. The number of hydrogen-bond acceptors (Lipinski definition) is 4. The van der Waals surface area contributed by atoms with Gasteiger partial charge in [0.25, 0.3) is 0 Å². The molecule has 0 unspecified atom stereocenters. The molecule has 156 valence electrons. The molecule has 0 spiro atoms.